The van der Waals surface area contributed by atoms with E-state index in [4.69, 9.17) is 0 Å². The molecule has 1 aliphatic carbocycles. The maximum Gasteiger partial charge on any atom is 0.244 e. The van der Waals surface area contributed by atoms with Gasteiger partial charge < -0.3 is 10.2 Å². The molecule has 174 valence electrons. The number of amides is 2. The highest BCUT2D eigenvalue weighted by atomic mass is 16.2. The second kappa shape index (κ2) is 10.6. The van der Waals surface area contributed by atoms with Crippen LogP contribution in [0.25, 0.3) is 0 Å². The third kappa shape index (κ3) is 6.31. The van der Waals surface area contributed by atoms with Gasteiger partial charge in [-0.05, 0) is 45.1 Å². The zero-order valence-electron chi connectivity index (χ0n) is 20.0. The molecule has 0 aromatic carbocycles. The van der Waals surface area contributed by atoms with E-state index in [1.807, 2.05) is 24.8 Å². The molecule has 31 heavy (non-hydrogen) atoms. The van der Waals surface area contributed by atoms with Crippen molar-refractivity contribution in [2.24, 2.45) is 5.92 Å². The van der Waals surface area contributed by atoms with Crippen molar-refractivity contribution in [3.63, 3.8) is 0 Å². The van der Waals surface area contributed by atoms with Crippen LogP contribution < -0.4 is 5.32 Å². The molecular weight excluding hydrogens is 390 g/mol. The average molecular weight is 432 g/mol. The van der Waals surface area contributed by atoms with Crippen LogP contribution >= 0.6 is 0 Å². The first kappa shape index (κ1) is 23.8. The Kier molecular flexibility index (Phi) is 8.14. The molecule has 1 spiro atoms. The minimum Gasteiger partial charge on any atom is -0.354 e. The lowest BCUT2D eigenvalue weighted by molar-refractivity contribution is -0.132. The van der Waals surface area contributed by atoms with Crippen molar-refractivity contribution in [1.29, 1.82) is 0 Å². The highest BCUT2D eigenvalue weighted by Gasteiger charge is 2.40. The summed E-state index contributed by atoms with van der Waals surface area (Å²) in [5.41, 5.74) is 1.91. The first-order valence-electron chi connectivity index (χ1n) is 12.1. The molecule has 0 atom stereocenters. The van der Waals surface area contributed by atoms with Gasteiger partial charge in [-0.15, -0.1) is 0 Å². The van der Waals surface area contributed by atoms with Crippen LogP contribution in [0.3, 0.4) is 0 Å². The normalized spacial score (nSPS) is 21.2. The van der Waals surface area contributed by atoms with E-state index in [0.717, 1.165) is 50.3 Å². The van der Waals surface area contributed by atoms with E-state index < -0.39 is 0 Å². The summed E-state index contributed by atoms with van der Waals surface area (Å²) >= 11 is 0. The molecule has 7 nitrogen and oxygen atoms in total. The van der Waals surface area contributed by atoms with Crippen molar-refractivity contribution in [2.75, 3.05) is 32.7 Å². The summed E-state index contributed by atoms with van der Waals surface area (Å²) in [6.45, 7) is 12.4. The highest BCUT2D eigenvalue weighted by Crippen LogP contribution is 2.37. The molecule has 1 aliphatic heterocycles. The fourth-order valence-electron chi connectivity index (χ4n) is 5.35. The van der Waals surface area contributed by atoms with Gasteiger partial charge >= 0.3 is 0 Å². The Labute approximate surface area is 187 Å². The highest BCUT2D eigenvalue weighted by molar-refractivity contribution is 5.78. The summed E-state index contributed by atoms with van der Waals surface area (Å²) in [6.07, 6.45) is 7.41. The minimum absolute atomic E-state index is 0.0184. The van der Waals surface area contributed by atoms with Crippen molar-refractivity contribution in [3.8, 4) is 0 Å². The third-order valence-electron chi connectivity index (χ3n) is 6.83. The van der Waals surface area contributed by atoms with Crippen molar-refractivity contribution in [2.45, 2.75) is 84.7 Å². The van der Waals surface area contributed by atoms with Crippen LogP contribution in [0.1, 0.15) is 70.2 Å². The van der Waals surface area contributed by atoms with E-state index in [0.29, 0.717) is 25.4 Å². The molecule has 2 fully saturated rings. The summed E-state index contributed by atoms with van der Waals surface area (Å²) in [4.78, 5) is 30.4. The van der Waals surface area contributed by atoms with Gasteiger partial charge in [0.2, 0.25) is 11.8 Å². The Hall–Kier alpha value is -1.89. The monoisotopic (exact) mass is 431 g/mol. The molecule has 1 N–H and O–H groups in total. The van der Waals surface area contributed by atoms with Crippen LogP contribution in [-0.4, -0.2) is 69.7 Å². The van der Waals surface area contributed by atoms with Gasteiger partial charge in [0.15, 0.2) is 0 Å². The van der Waals surface area contributed by atoms with E-state index in [9.17, 15) is 9.59 Å². The zero-order chi connectivity index (χ0) is 22.4. The zero-order valence-corrected chi connectivity index (χ0v) is 20.0. The summed E-state index contributed by atoms with van der Waals surface area (Å²) < 4.78 is 1.78. The number of hydrogen-bond donors (Lipinski definition) is 1. The van der Waals surface area contributed by atoms with Crippen LogP contribution in [-0.2, 0) is 16.1 Å². The first-order chi connectivity index (χ1) is 14.8. The smallest absolute Gasteiger partial charge is 0.244 e. The molecule has 2 aliphatic rings. The van der Waals surface area contributed by atoms with Crippen LogP contribution in [0.4, 0.5) is 0 Å². The van der Waals surface area contributed by atoms with Gasteiger partial charge in [-0.3, -0.25) is 19.2 Å². The Bertz CT molecular complexity index is 751. The molecule has 1 saturated heterocycles. The van der Waals surface area contributed by atoms with E-state index in [-0.39, 0.29) is 23.9 Å². The molecule has 1 saturated carbocycles. The number of hydrogen-bond acceptors (Lipinski definition) is 4. The van der Waals surface area contributed by atoms with E-state index >= 15 is 0 Å². The predicted molar refractivity (Wildman–Crippen MR) is 123 cm³/mol. The molecule has 2 heterocycles. The number of nitrogens with zero attached hydrogens (tertiary/aromatic N) is 4. The predicted octanol–water partition coefficient (Wildman–Crippen LogP) is 2.90. The van der Waals surface area contributed by atoms with Gasteiger partial charge in [0.05, 0.1) is 5.69 Å². The molecule has 0 unspecified atom stereocenters. The molecule has 1 aromatic heterocycles. The van der Waals surface area contributed by atoms with Crippen molar-refractivity contribution < 1.29 is 9.59 Å². The van der Waals surface area contributed by atoms with Gasteiger partial charge in [-0.2, -0.15) is 5.10 Å². The molecule has 2 amide bonds. The number of carbonyl (C=O) groups is 2. The Balaban J connectivity index is 1.73. The van der Waals surface area contributed by atoms with Crippen LogP contribution in [0.15, 0.2) is 6.07 Å². The molecule has 3 rings (SSSR count). The molecule has 1 aromatic rings. The van der Waals surface area contributed by atoms with Crippen molar-refractivity contribution >= 4 is 11.8 Å². The maximum absolute atomic E-state index is 13.1. The lowest BCUT2D eigenvalue weighted by atomic mass is 9.77. The molecule has 0 bridgehead atoms. The van der Waals surface area contributed by atoms with Gasteiger partial charge in [0.25, 0.3) is 0 Å². The second-order valence-electron chi connectivity index (χ2n) is 9.97. The quantitative estimate of drug-likeness (QED) is 0.796. The molecular formula is C24H41N5O2. The minimum atomic E-state index is -0.0184. The largest absolute Gasteiger partial charge is 0.354 e. The Morgan fingerprint density at radius 1 is 1.13 bits per heavy atom. The van der Waals surface area contributed by atoms with Crippen molar-refractivity contribution in [3.05, 3.63) is 17.5 Å². The SMILES string of the molecule is Cc1cc(C)n(CC(=O)N2CCCN(CC(C)C)C3(CCCCC3)CC(=O)NCC2)n1. The Morgan fingerprint density at radius 2 is 1.87 bits per heavy atom. The van der Waals surface area contributed by atoms with Gasteiger partial charge in [-0.25, -0.2) is 0 Å². The van der Waals surface area contributed by atoms with E-state index in [1.54, 1.807) is 4.68 Å². The van der Waals surface area contributed by atoms with Gasteiger partial charge in [0.1, 0.15) is 6.54 Å². The standard InChI is InChI=1S/C24H41N5O2/c1-19(2)17-28-13-8-12-27(23(31)18-29-21(4)15-20(3)26-29)14-11-25-22(30)16-24(28)9-6-5-7-10-24/h15,19H,5-14,16-18H2,1-4H3,(H,25,30). The average Bonchev–Trinajstić information content (AvgIpc) is 3.01. The summed E-state index contributed by atoms with van der Waals surface area (Å²) in [7, 11) is 0. The number of aromatic nitrogens is 2. The fraction of sp³-hybridized carbons (Fsp3) is 0.792. The first-order valence-corrected chi connectivity index (χ1v) is 12.1. The number of carbonyl (C=O) groups excluding carboxylic acids is 2. The molecule has 7 heteroatoms. The number of aryl methyl sites for hydroxylation is 2. The van der Waals surface area contributed by atoms with Crippen LogP contribution in [0.2, 0.25) is 0 Å². The van der Waals surface area contributed by atoms with Crippen LogP contribution in [0.5, 0.6) is 0 Å². The van der Waals surface area contributed by atoms with Crippen LogP contribution in [0, 0.1) is 19.8 Å². The van der Waals surface area contributed by atoms with E-state index in [2.05, 4.69) is 29.2 Å². The summed E-state index contributed by atoms with van der Waals surface area (Å²) in [6, 6.07) is 1.99. The lowest BCUT2D eigenvalue weighted by Crippen LogP contribution is -2.54. The maximum atomic E-state index is 13.1. The lowest BCUT2D eigenvalue weighted by Gasteiger charge is -2.47. The van der Waals surface area contributed by atoms with Crippen molar-refractivity contribution in [1.82, 2.24) is 24.9 Å². The fourth-order valence-corrected chi connectivity index (χ4v) is 5.35. The van der Waals surface area contributed by atoms with E-state index in [1.165, 1.54) is 19.3 Å². The number of rotatable bonds is 4. The third-order valence-corrected chi connectivity index (χ3v) is 6.83. The second-order valence-corrected chi connectivity index (χ2v) is 9.97. The van der Waals surface area contributed by atoms with Gasteiger partial charge in [0, 0.05) is 50.4 Å². The number of nitrogens with one attached hydrogen (secondary N) is 1. The summed E-state index contributed by atoms with van der Waals surface area (Å²) in [5.74, 6) is 0.752. The molecule has 0 radical (unpaired) electrons. The Morgan fingerprint density at radius 3 is 2.52 bits per heavy atom. The topological polar surface area (TPSA) is 70.5 Å². The summed E-state index contributed by atoms with van der Waals surface area (Å²) in [5, 5.41) is 7.55. The van der Waals surface area contributed by atoms with Gasteiger partial charge in [-0.1, -0.05) is 33.1 Å².